The summed E-state index contributed by atoms with van der Waals surface area (Å²) in [6.45, 7) is 5.16. The van der Waals surface area contributed by atoms with Gasteiger partial charge in [0.15, 0.2) is 0 Å². The minimum absolute atomic E-state index is 0.214. The first kappa shape index (κ1) is 15.8. The van der Waals surface area contributed by atoms with Crippen LogP contribution in [-0.2, 0) is 0 Å². The van der Waals surface area contributed by atoms with Crippen LogP contribution in [0.25, 0.3) is 0 Å². The summed E-state index contributed by atoms with van der Waals surface area (Å²) in [6, 6.07) is 12.7. The van der Waals surface area contributed by atoms with Crippen LogP contribution in [0.2, 0.25) is 5.02 Å². The number of hydrogen-bond acceptors (Lipinski definition) is 2. The first-order chi connectivity index (χ1) is 10.1. The van der Waals surface area contributed by atoms with E-state index in [0.717, 1.165) is 12.2 Å². The smallest absolute Gasteiger partial charge is 0.130 e. The number of hydrogen-bond donors (Lipinski definition) is 1. The van der Waals surface area contributed by atoms with Gasteiger partial charge < -0.3 is 10.6 Å². The molecule has 0 saturated heterocycles. The largest absolute Gasteiger partial charge is 0.363 e. The molecular weight excluding hydrogens is 287 g/mol. The highest BCUT2D eigenvalue weighted by Gasteiger charge is 2.21. The Labute approximate surface area is 130 Å². The van der Waals surface area contributed by atoms with Crippen molar-refractivity contribution in [2.45, 2.75) is 19.9 Å². The highest BCUT2D eigenvalue weighted by molar-refractivity contribution is 6.30. The molecule has 0 aromatic heterocycles. The molecule has 0 aliphatic heterocycles. The van der Waals surface area contributed by atoms with Crippen molar-refractivity contribution >= 4 is 17.3 Å². The molecule has 21 heavy (non-hydrogen) atoms. The lowest BCUT2D eigenvalue weighted by atomic mass is 10.0. The topological polar surface area (TPSA) is 29.3 Å². The molecule has 0 fully saturated rings. The molecule has 0 amide bonds. The molecule has 0 saturated carbocycles. The minimum atomic E-state index is -0.316. The molecular formula is C17H20ClFN2. The Kier molecular flexibility index (Phi) is 5.21. The molecule has 0 aliphatic carbocycles. The Morgan fingerprint density at radius 1 is 1.24 bits per heavy atom. The third-order valence-corrected chi connectivity index (χ3v) is 3.83. The highest BCUT2D eigenvalue weighted by Crippen LogP contribution is 2.29. The molecule has 2 N–H and O–H groups in total. The van der Waals surface area contributed by atoms with E-state index in [2.05, 4.69) is 11.0 Å². The molecule has 0 spiro atoms. The average molecular weight is 307 g/mol. The van der Waals surface area contributed by atoms with Gasteiger partial charge in [-0.3, -0.25) is 0 Å². The second-order valence-electron chi connectivity index (χ2n) is 5.04. The van der Waals surface area contributed by atoms with E-state index < -0.39 is 0 Å². The summed E-state index contributed by atoms with van der Waals surface area (Å²) in [5.41, 5.74) is 8.71. The van der Waals surface area contributed by atoms with Crippen LogP contribution in [0.3, 0.4) is 0 Å². The second-order valence-corrected chi connectivity index (χ2v) is 5.48. The van der Waals surface area contributed by atoms with Crippen LogP contribution in [0, 0.1) is 12.7 Å². The lowest BCUT2D eigenvalue weighted by Gasteiger charge is -2.33. The van der Waals surface area contributed by atoms with Gasteiger partial charge in [0, 0.05) is 29.4 Å². The zero-order valence-corrected chi connectivity index (χ0v) is 13.1. The Morgan fingerprint density at radius 2 is 2.00 bits per heavy atom. The Bertz CT molecular complexity index is 615. The molecule has 0 bridgehead atoms. The standard InChI is InChI=1S/C17H20ClFN2/c1-3-21(14-6-4-5-12(2)9-14)17(11-20)15-8-7-13(18)10-16(15)19/h4-10,17H,3,11,20H2,1-2H3. The zero-order valence-electron chi connectivity index (χ0n) is 12.3. The van der Waals surface area contributed by atoms with E-state index in [9.17, 15) is 4.39 Å². The van der Waals surface area contributed by atoms with E-state index in [1.54, 1.807) is 12.1 Å². The molecule has 2 nitrogen and oxygen atoms in total. The molecule has 4 heteroatoms. The number of nitrogens with two attached hydrogens (primary N) is 1. The van der Waals surface area contributed by atoms with Gasteiger partial charge in [0.05, 0.1) is 6.04 Å². The van der Waals surface area contributed by atoms with E-state index in [1.165, 1.54) is 11.6 Å². The number of halogens is 2. The predicted molar refractivity (Wildman–Crippen MR) is 87.4 cm³/mol. The van der Waals surface area contributed by atoms with Gasteiger partial charge in [-0.15, -0.1) is 0 Å². The van der Waals surface area contributed by atoms with E-state index in [4.69, 9.17) is 17.3 Å². The van der Waals surface area contributed by atoms with Crippen LogP contribution in [0.4, 0.5) is 10.1 Å². The quantitative estimate of drug-likeness (QED) is 0.891. The van der Waals surface area contributed by atoms with Gasteiger partial charge in [-0.2, -0.15) is 0 Å². The maximum atomic E-state index is 14.2. The number of anilines is 1. The Balaban J connectivity index is 2.42. The number of aryl methyl sites for hydroxylation is 1. The molecule has 0 radical (unpaired) electrons. The normalized spacial score (nSPS) is 12.2. The van der Waals surface area contributed by atoms with Crippen molar-refractivity contribution in [3.8, 4) is 0 Å². The van der Waals surface area contributed by atoms with Crippen molar-refractivity contribution in [1.29, 1.82) is 0 Å². The van der Waals surface area contributed by atoms with Gasteiger partial charge in [-0.1, -0.05) is 29.8 Å². The van der Waals surface area contributed by atoms with Gasteiger partial charge in [0.2, 0.25) is 0 Å². The third kappa shape index (κ3) is 3.55. The van der Waals surface area contributed by atoms with Crippen LogP contribution in [0.1, 0.15) is 24.1 Å². The van der Waals surface area contributed by atoms with Gasteiger partial charge in [-0.25, -0.2) is 4.39 Å². The van der Waals surface area contributed by atoms with Crippen LogP contribution in [0.15, 0.2) is 42.5 Å². The molecule has 0 heterocycles. The van der Waals surface area contributed by atoms with Crippen LogP contribution < -0.4 is 10.6 Å². The first-order valence-electron chi connectivity index (χ1n) is 7.05. The van der Waals surface area contributed by atoms with Crippen LogP contribution in [-0.4, -0.2) is 13.1 Å². The number of nitrogens with zero attached hydrogens (tertiary/aromatic N) is 1. The van der Waals surface area contributed by atoms with E-state index in [0.29, 0.717) is 17.1 Å². The maximum absolute atomic E-state index is 14.2. The fraction of sp³-hybridized carbons (Fsp3) is 0.294. The first-order valence-corrected chi connectivity index (χ1v) is 7.43. The SMILES string of the molecule is CCN(c1cccc(C)c1)C(CN)c1ccc(Cl)cc1F. The molecule has 2 aromatic carbocycles. The fourth-order valence-corrected chi connectivity index (χ4v) is 2.74. The van der Waals surface area contributed by atoms with Gasteiger partial charge in [0.25, 0.3) is 0 Å². The van der Waals surface area contributed by atoms with Crippen molar-refractivity contribution in [2.24, 2.45) is 5.73 Å². The summed E-state index contributed by atoms with van der Waals surface area (Å²) in [5.74, 6) is -0.316. The average Bonchev–Trinajstić information content (AvgIpc) is 2.45. The Hall–Kier alpha value is -1.58. The van der Waals surface area contributed by atoms with Crippen LogP contribution in [0.5, 0.6) is 0 Å². The molecule has 1 unspecified atom stereocenters. The summed E-state index contributed by atoms with van der Waals surface area (Å²) in [7, 11) is 0. The monoisotopic (exact) mass is 306 g/mol. The number of likely N-dealkylation sites (N-methyl/N-ethyl adjacent to an activating group) is 1. The molecule has 2 rings (SSSR count). The minimum Gasteiger partial charge on any atom is -0.363 e. The second kappa shape index (κ2) is 6.92. The molecule has 112 valence electrons. The van der Waals surface area contributed by atoms with Gasteiger partial charge >= 0.3 is 0 Å². The zero-order chi connectivity index (χ0) is 15.4. The van der Waals surface area contributed by atoms with Gasteiger partial charge in [0.1, 0.15) is 5.82 Å². The van der Waals surface area contributed by atoms with Crippen molar-refractivity contribution < 1.29 is 4.39 Å². The predicted octanol–water partition coefficient (Wildman–Crippen LogP) is 4.31. The fourth-order valence-electron chi connectivity index (χ4n) is 2.58. The van der Waals surface area contributed by atoms with E-state index in [1.807, 2.05) is 32.0 Å². The van der Waals surface area contributed by atoms with E-state index >= 15 is 0 Å². The van der Waals surface area contributed by atoms with E-state index in [-0.39, 0.29) is 11.9 Å². The molecule has 1 atom stereocenters. The molecule has 2 aromatic rings. The summed E-state index contributed by atoms with van der Waals surface area (Å²) in [6.07, 6.45) is 0. The van der Waals surface area contributed by atoms with Crippen molar-refractivity contribution in [3.05, 3.63) is 64.4 Å². The van der Waals surface area contributed by atoms with Gasteiger partial charge in [-0.05, 0) is 43.7 Å². The lowest BCUT2D eigenvalue weighted by molar-refractivity contribution is 0.562. The van der Waals surface area contributed by atoms with Crippen LogP contribution >= 0.6 is 11.6 Å². The highest BCUT2D eigenvalue weighted by atomic mass is 35.5. The number of rotatable bonds is 5. The van der Waals surface area contributed by atoms with Crippen molar-refractivity contribution in [2.75, 3.05) is 18.0 Å². The summed E-state index contributed by atoms with van der Waals surface area (Å²) in [4.78, 5) is 2.11. The summed E-state index contributed by atoms with van der Waals surface area (Å²) < 4.78 is 14.2. The van der Waals surface area contributed by atoms with Crippen molar-refractivity contribution in [1.82, 2.24) is 0 Å². The Morgan fingerprint density at radius 3 is 2.57 bits per heavy atom. The number of benzene rings is 2. The van der Waals surface area contributed by atoms with Crippen molar-refractivity contribution in [3.63, 3.8) is 0 Å². The molecule has 0 aliphatic rings. The lowest BCUT2D eigenvalue weighted by Crippen LogP contribution is -2.34. The maximum Gasteiger partial charge on any atom is 0.130 e. The third-order valence-electron chi connectivity index (χ3n) is 3.59. The summed E-state index contributed by atoms with van der Waals surface area (Å²) >= 11 is 5.83. The summed E-state index contributed by atoms with van der Waals surface area (Å²) in [5, 5.41) is 0.394.